The van der Waals surface area contributed by atoms with E-state index in [-0.39, 0.29) is 17.9 Å². The van der Waals surface area contributed by atoms with Gasteiger partial charge in [-0.2, -0.15) is 0 Å². The van der Waals surface area contributed by atoms with E-state index in [0.29, 0.717) is 53.7 Å². The Balaban J connectivity index is 1.30. The van der Waals surface area contributed by atoms with Crippen molar-refractivity contribution in [3.05, 3.63) is 63.8 Å². The summed E-state index contributed by atoms with van der Waals surface area (Å²) >= 11 is 7.31. The van der Waals surface area contributed by atoms with Crippen molar-refractivity contribution in [2.45, 2.75) is 38.2 Å². The highest BCUT2D eigenvalue weighted by Crippen LogP contribution is 2.27. The number of nitrogens with one attached hydrogen (secondary N) is 1. The number of carbonyl (C=O) groups is 2. The van der Waals surface area contributed by atoms with Gasteiger partial charge in [-0.1, -0.05) is 35.1 Å². The Morgan fingerprint density at radius 3 is 2.66 bits per heavy atom. The molecule has 0 saturated heterocycles. The maximum atomic E-state index is 12.5. The van der Waals surface area contributed by atoms with Gasteiger partial charge in [0.05, 0.1) is 11.5 Å². The molecule has 2 N–H and O–H groups in total. The van der Waals surface area contributed by atoms with Crippen molar-refractivity contribution >= 4 is 39.9 Å². The molecule has 1 saturated carbocycles. The third-order valence-electron chi connectivity index (χ3n) is 5.24. The quantitative estimate of drug-likeness (QED) is 0.522. The number of halogens is 1. The lowest BCUT2D eigenvalue weighted by Gasteiger charge is -2.26. The van der Waals surface area contributed by atoms with Crippen LogP contribution in [0, 0.1) is 5.92 Å². The minimum atomic E-state index is -0.746. The summed E-state index contributed by atoms with van der Waals surface area (Å²) in [6, 6.07) is 10.8. The van der Waals surface area contributed by atoms with Crippen LogP contribution < -0.4 is 10.1 Å². The molecule has 1 amide bonds. The monoisotopic (exact) mass is 472 g/mol. The van der Waals surface area contributed by atoms with E-state index < -0.39 is 5.97 Å². The number of amides is 1. The molecule has 2 heterocycles. The summed E-state index contributed by atoms with van der Waals surface area (Å²) in [5, 5.41) is 21.8. The lowest BCUT2D eigenvalue weighted by molar-refractivity contribution is -0.143. The van der Waals surface area contributed by atoms with E-state index in [1.165, 1.54) is 17.5 Å². The van der Waals surface area contributed by atoms with Gasteiger partial charge in [-0.25, -0.2) is 4.98 Å². The molecule has 166 valence electrons. The number of aliphatic carboxylic acids is 1. The molecular weight excluding hydrogens is 452 g/mol. The highest BCUT2D eigenvalue weighted by Gasteiger charge is 2.27. The lowest BCUT2D eigenvalue weighted by atomic mass is 9.87. The van der Waals surface area contributed by atoms with Crippen LogP contribution in [0.25, 0.3) is 0 Å². The Hall–Kier alpha value is -3.04. The first kappa shape index (κ1) is 22.2. The summed E-state index contributed by atoms with van der Waals surface area (Å²) in [5.74, 6) is -0.958. The molecule has 2 aromatic heterocycles. The minimum Gasteiger partial charge on any atom is -0.481 e. The Labute approximate surface area is 193 Å². The Morgan fingerprint density at radius 1 is 1.16 bits per heavy atom. The van der Waals surface area contributed by atoms with Crippen LogP contribution in [0.5, 0.6) is 5.88 Å². The number of hydrogen-bond donors (Lipinski definition) is 2. The SMILES string of the molecule is O=C(Nc1nnc(Cc2cccc(Cl)c2)s1)c1ccc(OC2CCC(C(=O)O)CC2)nc1. The first-order valence-electron chi connectivity index (χ1n) is 10.2. The largest absolute Gasteiger partial charge is 0.481 e. The summed E-state index contributed by atoms with van der Waals surface area (Å²) in [6.45, 7) is 0. The molecule has 0 unspecified atom stereocenters. The smallest absolute Gasteiger partial charge is 0.306 e. The normalized spacial score (nSPS) is 18.2. The summed E-state index contributed by atoms with van der Waals surface area (Å²) in [5.41, 5.74) is 1.39. The first-order chi connectivity index (χ1) is 15.5. The Morgan fingerprint density at radius 2 is 1.97 bits per heavy atom. The lowest BCUT2D eigenvalue weighted by Crippen LogP contribution is -2.28. The topological polar surface area (TPSA) is 114 Å². The fourth-order valence-corrected chi connectivity index (χ4v) is 4.53. The van der Waals surface area contributed by atoms with E-state index >= 15 is 0 Å². The molecule has 0 atom stereocenters. The van der Waals surface area contributed by atoms with Crippen molar-refractivity contribution in [2.24, 2.45) is 5.92 Å². The van der Waals surface area contributed by atoms with Crippen molar-refractivity contribution < 1.29 is 19.4 Å². The third kappa shape index (κ3) is 5.80. The summed E-state index contributed by atoms with van der Waals surface area (Å²) in [6.07, 6.45) is 4.52. The number of carbonyl (C=O) groups excluding carboxylic acids is 1. The second-order valence-electron chi connectivity index (χ2n) is 7.58. The molecule has 10 heteroatoms. The van der Waals surface area contributed by atoms with Gasteiger partial charge in [-0.3, -0.25) is 14.9 Å². The fraction of sp³-hybridized carbons (Fsp3) is 0.318. The van der Waals surface area contributed by atoms with Gasteiger partial charge in [0.25, 0.3) is 5.91 Å². The van der Waals surface area contributed by atoms with Crippen molar-refractivity contribution in [3.8, 4) is 5.88 Å². The molecule has 1 aliphatic carbocycles. The molecule has 32 heavy (non-hydrogen) atoms. The molecule has 1 aliphatic rings. The zero-order chi connectivity index (χ0) is 22.5. The zero-order valence-corrected chi connectivity index (χ0v) is 18.6. The van der Waals surface area contributed by atoms with Crippen LogP contribution in [0.3, 0.4) is 0 Å². The highest BCUT2D eigenvalue weighted by molar-refractivity contribution is 7.15. The van der Waals surface area contributed by atoms with E-state index in [1.54, 1.807) is 12.1 Å². The second-order valence-corrected chi connectivity index (χ2v) is 9.08. The summed E-state index contributed by atoms with van der Waals surface area (Å²) in [4.78, 5) is 27.8. The maximum absolute atomic E-state index is 12.5. The number of rotatable bonds is 7. The average Bonchev–Trinajstić information content (AvgIpc) is 3.21. The molecule has 3 aromatic rings. The Kier molecular flexibility index (Phi) is 6.96. The van der Waals surface area contributed by atoms with Gasteiger partial charge in [-0.05, 0) is 49.4 Å². The number of hydrogen-bond acceptors (Lipinski definition) is 7. The number of nitrogens with zero attached hydrogens (tertiary/aromatic N) is 3. The molecular formula is C22H21ClN4O4S. The number of aromatic nitrogens is 3. The number of benzene rings is 1. The number of carboxylic acids is 1. The predicted molar refractivity (Wildman–Crippen MR) is 120 cm³/mol. The van der Waals surface area contributed by atoms with Crippen molar-refractivity contribution in [3.63, 3.8) is 0 Å². The van der Waals surface area contributed by atoms with E-state index in [4.69, 9.17) is 21.4 Å². The van der Waals surface area contributed by atoms with Gasteiger partial charge < -0.3 is 9.84 Å². The van der Waals surface area contributed by atoms with Crippen molar-refractivity contribution in [1.29, 1.82) is 0 Å². The van der Waals surface area contributed by atoms with Gasteiger partial charge in [0.15, 0.2) is 0 Å². The van der Waals surface area contributed by atoms with Gasteiger partial charge in [-0.15, -0.1) is 10.2 Å². The summed E-state index contributed by atoms with van der Waals surface area (Å²) < 4.78 is 5.84. The first-order valence-corrected chi connectivity index (χ1v) is 11.4. The summed E-state index contributed by atoms with van der Waals surface area (Å²) in [7, 11) is 0. The van der Waals surface area contributed by atoms with Crippen LogP contribution in [0.4, 0.5) is 5.13 Å². The van der Waals surface area contributed by atoms with Crippen LogP contribution in [0.2, 0.25) is 5.02 Å². The predicted octanol–water partition coefficient (Wildman–Crippen LogP) is 4.45. The fourth-order valence-electron chi connectivity index (χ4n) is 3.55. The molecule has 0 bridgehead atoms. The van der Waals surface area contributed by atoms with Gasteiger partial charge in [0.1, 0.15) is 11.1 Å². The van der Waals surface area contributed by atoms with Crippen LogP contribution >= 0.6 is 22.9 Å². The Bertz CT molecular complexity index is 1100. The van der Waals surface area contributed by atoms with Crippen molar-refractivity contribution in [1.82, 2.24) is 15.2 Å². The number of ether oxygens (including phenoxy) is 1. The molecule has 1 aromatic carbocycles. The average molecular weight is 473 g/mol. The standard InChI is InChI=1S/C22H21ClN4O4S/c23-16-3-1-2-13(10-16)11-19-26-27-22(32-19)25-20(28)15-6-9-18(24-12-15)31-17-7-4-14(5-8-17)21(29)30/h1-3,6,9-10,12,14,17H,4-5,7-8,11H2,(H,29,30)(H,25,27,28). The molecule has 4 rings (SSSR count). The van der Waals surface area contributed by atoms with E-state index in [1.807, 2.05) is 24.3 Å². The van der Waals surface area contributed by atoms with Crippen LogP contribution in [0.1, 0.15) is 46.6 Å². The number of pyridine rings is 1. The molecule has 0 radical (unpaired) electrons. The third-order valence-corrected chi connectivity index (χ3v) is 6.31. The van der Waals surface area contributed by atoms with Gasteiger partial charge >= 0.3 is 5.97 Å². The van der Waals surface area contributed by atoms with E-state index in [2.05, 4.69) is 20.5 Å². The zero-order valence-electron chi connectivity index (χ0n) is 17.0. The number of anilines is 1. The minimum absolute atomic E-state index is 0.0583. The molecule has 0 spiro atoms. The maximum Gasteiger partial charge on any atom is 0.306 e. The van der Waals surface area contributed by atoms with E-state index in [9.17, 15) is 9.59 Å². The van der Waals surface area contributed by atoms with Gasteiger partial charge in [0, 0.05) is 23.7 Å². The van der Waals surface area contributed by atoms with E-state index in [0.717, 1.165) is 10.6 Å². The molecule has 0 aliphatic heterocycles. The van der Waals surface area contributed by atoms with Crippen LogP contribution in [0.15, 0.2) is 42.6 Å². The molecule has 1 fully saturated rings. The van der Waals surface area contributed by atoms with Crippen LogP contribution in [-0.2, 0) is 11.2 Å². The molecule has 8 nitrogen and oxygen atoms in total. The van der Waals surface area contributed by atoms with Crippen LogP contribution in [-0.4, -0.2) is 38.3 Å². The highest BCUT2D eigenvalue weighted by atomic mass is 35.5. The number of carboxylic acid groups (broad SMARTS) is 1. The second kappa shape index (κ2) is 10.1. The van der Waals surface area contributed by atoms with Crippen molar-refractivity contribution in [2.75, 3.05) is 5.32 Å². The van der Waals surface area contributed by atoms with Gasteiger partial charge in [0.2, 0.25) is 11.0 Å².